The Hall–Kier alpha value is -6.64. The van der Waals surface area contributed by atoms with E-state index in [2.05, 4.69) is 203 Å². The molecule has 0 aliphatic heterocycles. The van der Waals surface area contributed by atoms with Gasteiger partial charge in [-0.25, -0.2) is 0 Å². The van der Waals surface area contributed by atoms with Crippen LogP contribution in [0.1, 0.15) is 0 Å². The average molecular weight is 637 g/mol. The van der Waals surface area contributed by atoms with E-state index in [1.807, 2.05) is 0 Å². The molecular weight excluding hydrogens is 605 g/mol. The largest absolute Gasteiger partial charge is 0.309 e. The maximum Gasteiger partial charge on any atom is 0.0562 e. The molecule has 8 aromatic carbocycles. The molecule has 0 aliphatic rings. The van der Waals surface area contributed by atoms with Gasteiger partial charge in [-0.1, -0.05) is 146 Å². The summed E-state index contributed by atoms with van der Waals surface area (Å²) in [6.45, 7) is 0. The first-order chi connectivity index (χ1) is 24.8. The molecule has 2 nitrogen and oxygen atoms in total. The second kappa shape index (κ2) is 11.5. The van der Waals surface area contributed by atoms with Crippen molar-refractivity contribution < 1.29 is 0 Å². The van der Waals surface area contributed by atoms with Crippen LogP contribution in [0.15, 0.2) is 194 Å². The fourth-order valence-corrected chi connectivity index (χ4v) is 7.82. The molecule has 0 amide bonds. The zero-order chi connectivity index (χ0) is 33.0. The van der Waals surface area contributed by atoms with Crippen LogP contribution in [0, 0.1) is 0 Å². The van der Waals surface area contributed by atoms with E-state index in [9.17, 15) is 0 Å². The van der Waals surface area contributed by atoms with Gasteiger partial charge in [0.25, 0.3) is 0 Å². The molecule has 10 rings (SSSR count). The monoisotopic (exact) mass is 636 g/mol. The van der Waals surface area contributed by atoms with Gasteiger partial charge in [0.15, 0.2) is 0 Å². The van der Waals surface area contributed by atoms with Crippen LogP contribution in [-0.4, -0.2) is 9.13 Å². The third kappa shape index (κ3) is 4.50. The van der Waals surface area contributed by atoms with Crippen molar-refractivity contribution in [3.8, 4) is 44.8 Å². The Morgan fingerprint density at radius 3 is 1.14 bits per heavy atom. The van der Waals surface area contributed by atoms with Crippen molar-refractivity contribution in [2.45, 2.75) is 0 Å². The second-order valence-electron chi connectivity index (χ2n) is 13.0. The first-order valence-electron chi connectivity index (χ1n) is 17.2. The van der Waals surface area contributed by atoms with E-state index >= 15 is 0 Å². The van der Waals surface area contributed by atoms with Gasteiger partial charge in [0.1, 0.15) is 0 Å². The van der Waals surface area contributed by atoms with Crippen LogP contribution in [0.2, 0.25) is 0 Å². The number of nitrogens with zero attached hydrogens (tertiary/aromatic N) is 2. The molecule has 0 aliphatic carbocycles. The molecule has 0 spiro atoms. The molecule has 0 atom stereocenters. The summed E-state index contributed by atoms with van der Waals surface area (Å²) in [5.41, 5.74) is 14.4. The van der Waals surface area contributed by atoms with E-state index < -0.39 is 0 Å². The molecule has 0 saturated heterocycles. The summed E-state index contributed by atoms with van der Waals surface area (Å²) >= 11 is 0. The first kappa shape index (κ1) is 28.4. The van der Waals surface area contributed by atoms with Gasteiger partial charge in [-0.3, -0.25) is 0 Å². The number of hydrogen-bond donors (Lipinski definition) is 0. The lowest BCUT2D eigenvalue weighted by Gasteiger charge is -2.13. The fourth-order valence-electron chi connectivity index (χ4n) is 7.82. The minimum absolute atomic E-state index is 1.14. The molecule has 0 bridgehead atoms. The lowest BCUT2D eigenvalue weighted by atomic mass is 9.94. The molecule has 50 heavy (non-hydrogen) atoms. The second-order valence-corrected chi connectivity index (χ2v) is 13.0. The molecule has 0 N–H and O–H groups in total. The number of hydrogen-bond acceptors (Lipinski definition) is 0. The van der Waals surface area contributed by atoms with Crippen LogP contribution in [0.25, 0.3) is 88.4 Å². The summed E-state index contributed by atoms with van der Waals surface area (Å²) in [4.78, 5) is 0. The van der Waals surface area contributed by atoms with Crippen molar-refractivity contribution in [3.63, 3.8) is 0 Å². The molecule has 0 unspecified atom stereocenters. The molecule has 2 heteroatoms. The summed E-state index contributed by atoms with van der Waals surface area (Å²) in [5.74, 6) is 0. The summed E-state index contributed by atoms with van der Waals surface area (Å²) in [5, 5.41) is 5.03. The van der Waals surface area contributed by atoms with Crippen LogP contribution in [0.5, 0.6) is 0 Å². The van der Waals surface area contributed by atoms with Crippen molar-refractivity contribution >= 4 is 43.6 Å². The van der Waals surface area contributed by atoms with E-state index in [0.29, 0.717) is 0 Å². The average Bonchev–Trinajstić information content (AvgIpc) is 3.70. The quantitative estimate of drug-likeness (QED) is 0.178. The highest BCUT2D eigenvalue weighted by Crippen LogP contribution is 2.40. The van der Waals surface area contributed by atoms with Gasteiger partial charge in [-0.2, -0.15) is 0 Å². The van der Waals surface area contributed by atoms with E-state index in [0.717, 1.165) is 11.4 Å². The standard InChI is InChI=1S/C48H32N2/c1-3-13-33(14-4-1)34-23-27-37(28-24-34)49-45-21-11-9-19-41(45)43-31-44-42-20-10-12-22-46(42)50(48(44)32-47(43)49)38-29-25-36(26-30-38)40-18-8-7-17-39(40)35-15-5-2-6-16-35/h1-32H. The Morgan fingerprint density at radius 1 is 0.240 bits per heavy atom. The molecule has 0 fully saturated rings. The number of benzene rings is 8. The normalized spacial score (nSPS) is 11.6. The zero-order valence-corrected chi connectivity index (χ0v) is 27.4. The summed E-state index contributed by atoms with van der Waals surface area (Å²) in [6.07, 6.45) is 0. The summed E-state index contributed by atoms with van der Waals surface area (Å²) < 4.78 is 4.85. The predicted molar refractivity (Wildman–Crippen MR) is 211 cm³/mol. The summed E-state index contributed by atoms with van der Waals surface area (Å²) in [7, 11) is 0. The van der Waals surface area contributed by atoms with Gasteiger partial charge in [0.2, 0.25) is 0 Å². The highest BCUT2D eigenvalue weighted by Gasteiger charge is 2.18. The van der Waals surface area contributed by atoms with Crippen LogP contribution < -0.4 is 0 Å². The zero-order valence-electron chi connectivity index (χ0n) is 27.4. The van der Waals surface area contributed by atoms with Gasteiger partial charge in [-0.15, -0.1) is 0 Å². The molecule has 234 valence electrons. The van der Waals surface area contributed by atoms with Gasteiger partial charge in [0, 0.05) is 32.9 Å². The van der Waals surface area contributed by atoms with Gasteiger partial charge < -0.3 is 9.13 Å². The maximum atomic E-state index is 2.43. The smallest absolute Gasteiger partial charge is 0.0562 e. The van der Waals surface area contributed by atoms with Gasteiger partial charge in [-0.05, 0) is 81.9 Å². The number of para-hydroxylation sites is 2. The lowest BCUT2D eigenvalue weighted by molar-refractivity contribution is 1.16. The first-order valence-corrected chi connectivity index (χ1v) is 17.2. The van der Waals surface area contributed by atoms with E-state index in [1.54, 1.807) is 0 Å². The Kier molecular flexibility index (Phi) is 6.53. The minimum atomic E-state index is 1.14. The number of aromatic nitrogens is 2. The SMILES string of the molecule is c1ccc(-c2ccc(-n3c4ccccc4c4cc5c6ccccc6n(-c6ccc(-c7ccccc7-c7ccccc7)cc6)c5cc43)cc2)cc1. The molecule has 2 aromatic heterocycles. The maximum absolute atomic E-state index is 2.43. The molecular formula is C48H32N2. The Bertz CT molecular complexity index is 2820. The fraction of sp³-hybridized carbons (Fsp3) is 0. The third-order valence-electron chi connectivity index (χ3n) is 10.1. The highest BCUT2D eigenvalue weighted by atomic mass is 15.0. The van der Waals surface area contributed by atoms with Crippen molar-refractivity contribution in [1.29, 1.82) is 0 Å². The van der Waals surface area contributed by atoms with Crippen molar-refractivity contribution in [2.24, 2.45) is 0 Å². The minimum Gasteiger partial charge on any atom is -0.309 e. The third-order valence-corrected chi connectivity index (χ3v) is 10.1. The Balaban J connectivity index is 1.17. The van der Waals surface area contributed by atoms with E-state index in [-0.39, 0.29) is 0 Å². The van der Waals surface area contributed by atoms with Crippen LogP contribution in [-0.2, 0) is 0 Å². The topological polar surface area (TPSA) is 9.86 Å². The molecule has 10 aromatic rings. The van der Waals surface area contributed by atoms with Crippen LogP contribution in [0.4, 0.5) is 0 Å². The molecule has 0 saturated carbocycles. The lowest BCUT2D eigenvalue weighted by Crippen LogP contribution is -1.96. The van der Waals surface area contributed by atoms with Crippen LogP contribution in [0.3, 0.4) is 0 Å². The number of rotatable bonds is 5. The Labute approximate surface area is 290 Å². The van der Waals surface area contributed by atoms with E-state index in [4.69, 9.17) is 0 Å². The van der Waals surface area contributed by atoms with Crippen molar-refractivity contribution in [3.05, 3.63) is 194 Å². The van der Waals surface area contributed by atoms with E-state index in [1.165, 1.54) is 77.0 Å². The summed E-state index contributed by atoms with van der Waals surface area (Å²) in [6, 6.07) is 70.3. The Morgan fingerprint density at radius 2 is 0.620 bits per heavy atom. The number of fused-ring (bicyclic) bond motifs is 6. The molecule has 2 heterocycles. The van der Waals surface area contributed by atoms with Gasteiger partial charge in [0.05, 0.1) is 22.1 Å². The predicted octanol–water partition coefficient (Wildman–Crippen LogP) is 12.9. The molecule has 0 radical (unpaired) electrons. The van der Waals surface area contributed by atoms with Crippen LogP contribution >= 0.6 is 0 Å². The van der Waals surface area contributed by atoms with Crippen molar-refractivity contribution in [1.82, 2.24) is 9.13 Å². The van der Waals surface area contributed by atoms with Gasteiger partial charge >= 0.3 is 0 Å². The highest BCUT2D eigenvalue weighted by molar-refractivity contribution is 6.19. The van der Waals surface area contributed by atoms with Crippen molar-refractivity contribution in [2.75, 3.05) is 0 Å².